The fraction of sp³-hybridized carbons (Fsp3) is 0.308. The fourth-order valence-corrected chi connectivity index (χ4v) is 1.86. The Balaban J connectivity index is 2.76. The van der Waals surface area contributed by atoms with Gasteiger partial charge in [-0.15, -0.1) is 0 Å². The van der Waals surface area contributed by atoms with Crippen molar-refractivity contribution in [1.29, 1.82) is 0 Å². The van der Waals surface area contributed by atoms with E-state index in [9.17, 15) is 4.79 Å². The molecule has 1 aromatic carbocycles. The van der Waals surface area contributed by atoms with Crippen LogP contribution >= 0.6 is 0 Å². The molecule has 1 aromatic heterocycles. The van der Waals surface area contributed by atoms with Gasteiger partial charge in [-0.2, -0.15) is 0 Å². The van der Waals surface area contributed by atoms with E-state index in [2.05, 4.69) is 24.9 Å². The van der Waals surface area contributed by atoms with Crippen molar-refractivity contribution >= 4 is 10.9 Å². The number of para-hydroxylation sites is 1. The molecule has 2 aromatic rings. The number of rotatable bonds is 2. The minimum Gasteiger partial charge on any atom is -0.322 e. The third-order valence-corrected chi connectivity index (χ3v) is 2.93. The van der Waals surface area contributed by atoms with Crippen LogP contribution < -0.4 is 5.56 Å². The molecule has 0 aliphatic rings. The third-order valence-electron chi connectivity index (χ3n) is 2.93. The molecule has 1 heterocycles. The number of pyridine rings is 1. The molecule has 0 saturated heterocycles. The van der Waals surface area contributed by atoms with Crippen molar-refractivity contribution in [1.82, 2.24) is 4.98 Å². The first-order valence-corrected chi connectivity index (χ1v) is 5.34. The summed E-state index contributed by atoms with van der Waals surface area (Å²) in [5, 5.41) is 1.16. The molecule has 0 aliphatic carbocycles. The zero-order valence-corrected chi connectivity index (χ0v) is 9.08. The molecule has 1 atom stereocenters. The molecule has 2 rings (SSSR count). The maximum atomic E-state index is 11.5. The Morgan fingerprint density at radius 1 is 1.33 bits per heavy atom. The van der Waals surface area contributed by atoms with Crippen LogP contribution in [0.1, 0.15) is 31.7 Å². The van der Waals surface area contributed by atoms with Gasteiger partial charge >= 0.3 is 0 Å². The molecule has 0 radical (unpaired) electrons. The van der Waals surface area contributed by atoms with Gasteiger partial charge in [-0.05, 0) is 24.0 Å². The number of hydrogen-bond acceptors (Lipinski definition) is 1. The number of hydrogen-bond donors (Lipinski definition) is 1. The van der Waals surface area contributed by atoms with Crippen molar-refractivity contribution in [2.45, 2.75) is 26.2 Å². The van der Waals surface area contributed by atoms with Gasteiger partial charge < -0.3 is 4.98 Å². The van der Waals surface area contributed by atoms with E-state index in [1.165, 1.54) is 0 Å². The molecule has 78 valence electrons. The minimum absolute atomic E-state index is 0.0102. The molecule has 0 aliphatic heterocycles. The first kappa shape index (κ1) is 9.97. The normalized spacial score (nSPS) is 12.9. The quantitative estimate of drug-likeness (QED) is 0.795. The number of H-pyrrole nitrogens is 1. The topological polar surface area (TPSA) is 32.9 Å². The second-order valence-electron chi connectivity index (χ2n) is 3.94. The predicted molar refractivity (Wildman–Crippen MR) is 63.3 cm³/mol. The van der Waals surface area contributed by atoms with Gasteiger partial charge in [0.2, 0.25) is 5.56 Å². The predicted octanol–water partition coefficient (Wildman–Crippen LogP) is 3.04. The summed E-state index contributed by atoms with van der Waals surface area (Å²) < 4.78 is 0. The van der Waals surface area contributed by atoms with Gasteiger partial charge in [0.25, 0.3) is 0 Å². The van der Waals surface area contributed by atoms with Gasteiger partial charge in [0.05, 0.1) is 0 Å². The van der Waals surface area contributed by atoms with Crippen molar-refractivity contribution in [3.05, 3.63) is 46.2 Å². The van der Waals surface area contributed by atoms with E-state index in [4.69, 9.17) is 0 Å². The molecule has 0 saturated carbocycles. The summed E-state index contributed by atoms with van der Waals surface area (Å²) in [6.45, 7) is 4.29. The maximum absolute atomic E-state index is 11.5. The average Bonchev–Trinajstić information content (AvgIpc) is 2.26. The largest absolute Gasteiger partial charge is 0.322 e. The Labute approximate surface area is 89.0 Å². The monoisotopic (exact) mass is 201 g/mol. The van der Waals surface area contributed by atoms with E-state index in [0.29, 0.717) is 5.92 Å². The van der Waals surface area contributed by atoms with Gasteiger partial charge in [0.1, 0.15) is 0 Å². The van der Waals surface area contributed by atoms with Crippen LogP contribution in [0.5, 0.6) is 0 Å². The third kappa shape index (κ3) is 1.80. The van der Waals surface area contributed by atoms with Crippen molar-refractivity contribution in [3.8, 4) is 0 Å². The van der Waals surface area contributed by atoms with Gasteiger partial charge in [-0.1, -0.05) is 32.0 Å². The summed E-state index contributed by atoms with van der Waals surface area (Å²) in [6.07, 6.45) is 1.05. The molecule has 0 spiro atoms. The fourth-order valence-electron chi connectivity index (χ4n) is 1.86. The van der Waals surface area contributed by atoms with E-state index < -0.39 is 0 Å². The summed E-state index contributed by atoms with van der Waals surface area (Å²) in [5.41, 5.74) is 2.07. The molecule has 0 bridgehead atoms. The van der Waals surface area contributed by atoms with E-state index >= 15 is 0 Å². The lowest BCUT2D eigenvalue weighted by atomic mass is 9.95. The van der Waals surface area contributed by atoms with E-state index in [1.54, 1.807) is 6.07 Å². The minimum atomic E-state index is -0.0102. The molecule has 15 heavy (non-hydrogen) atoms. The van der Waals surface area contributed by atoms with Crippen molar-refractivity contribution in [3.63, 3.8) is 0 Å². The second kappa shape index (κ2) is 3.89. The highest BCUT2D eigenvalue weighted by Crippen LogP contribution is 2.24. The Bertz CT molecular complexity index is 527. The smallest absolute Gasteiger partial charge is 0.248 e. The zero-order valence-electron chi connectivity index (χ0n) is 9.08. The first-order chi connectivity index (χ1) is 7.22. The van der Waals surface area contributed by atoms with Crippen LogP contribution in [0.4, 0.5) is 0 Å². The van der Waals surface area contributed by atoms with Crippen LogP contribution in [0.2, 0.25) is 0 Å². The van der Waals surface area contributed by atoms with Crippen LogP contribution in [-0.2, 0) is 0 Å². The molecule has 0 amide bonds. The highest BCUT2D eigenvalue weighted by Gasteiger charge is 2.08. The van der Waals surface area contributed by atoms with Crippen LogP contribution in [0, 0.1) is 0 Å². The first-order valence-electron chi connectivity index (χ1n) is 5.34. The summed E-state index contributed by atoms with van der Waals surface area (Å²) in [6, 6.07) is 9.68. The SMILES string of the molecule is CCC(C)c1cc(=O)[nH]c2ccccc12. The Kier molecular flexibility index (Phi) is 2.58. The summed E-state index contributed by atoms with van der Waals surface area (Å²) in [7, 11) is 0. The summed E-state index contributed by atoms with van der Waals surface area (Å²) >= 11 is 0. The summed E-state index contributed by atoms with van der Waals surface area (Å²) in [4.78, 5) is 14.3. The molecule has 2 heteroatoms. The van der Waals surface area contributed by atoms with E-state index in [-0.39, 0.29) is 5.56 Å². The Morgan fingerprint density at radius 2 is 2.07 bits per heavy atom. The molecular formula is C13H15NO. The number of aromatic amines is 1. The summed E-state index contributed by atoms with van der Waals surface area (Å²) in [5.74, 6) is 0.428. The highest BCUT2D eigenvalue weighted by atomic mass is 16.1. The van der Waals surface area contributed by atoms with E-state index in [1.807, 2.05) is 18.2 Å². The van der Waals surface area contributed by atoms with Crippen molar-refractivity contribution < 1.29 is 0 Å². The zero-order chi connectivity index (χ0) is 10.8. The molecule has 1 unspecified atom stereocenters. The van der Waals surface area contributed by atoms with Crippen LogP contribution in [0.3, 0.4) is 0 Å². The average molecular weight is 201 g/mol. The molecule has 1 N–H and O–H groups in total. The van der Waals surface area contributed by atoms with Gasteiger partial charge in [-0.3, -0.25) is 4.79 Å². The van der Waals surface area contributed by atoms with Gasteiger partial charge in [0, 0.05) is 17.0 Å². The maximum Gasteiger partial charge on any atom is 0.248 e. The number of aromatic nitrogens is 1. The lowest BCUT2D eigenvalue weighted by Gasteiger charge is -2.11. The lowest BCUT2D eigenvalue weighted by Crippen LogP contribution is -2.08. The van der Waals surface area contributed by atoms with Gasteiger partial charge in [0.15, 0.2) is 0 Å². The number of fused-ring (bicyclic) bond motifs is 1. The number of nitrogens with one attached hydrogen (secondary N) is 1. The lowest BCUT2D eigenvalue weighted by molar-refractivity contribution is 0.738. The number of benzene rings is 1. The molecule has 2 nitrogen and oxygen atoms in total. The van der Waals surface area contributed by atoms with Crippen LogP contribution in [0.15, 0.2) is 35.1 Å². The Hall–Kier alpha value is -1.57. The standard InChI is InChI=1S/C13H15NO/c1-3-9(2)11-8-13(15)14-12-7-5-4-6-10(11)12/h4-9H,3H2,1-2H3,(H,14,15). The highest BCUT2D eigenvalue weighted by molar-refractivity contribution is 5.82. The molecular weight excluding hydrogens is 186 g/mol. The molecule has 0 fully saturated rings. The van der Waals surface area contributed by atoms with E-state index in [0.717, 1.165) is 22.9 Å². The van der Waals surface area contributed by atoms with Gasteiger partial charge in [-0.25, -0.2) is 0 Å². The van der Waals surface area contributed by atoms with Crippen LogP contribution in [-0.4, -0.2) is 4.98 Å². The second-order valence-corrected chi connectivity index (χ2v) is 3.94. The van der Waals surface area contributed by atoms with Crippen molar-refractivity contribution in [2.24, 2.45) is 0 Å². The Morgan fingerprint density at radius 3 is 2.80 bits per heavy atom. The van der Waals surface area contributed by atoms with Crippen LogP contribution in [0.25, 0.3) is 10.9 Å². The van der Waals surface area contributed by atoms with Crippen molar-refractivity contribution in [2.75, 3.05) is 0 Å².